The second-order valence-electron chi connectivity index (χ2n) is 11.5. The maximum Gasteiger partial charge on any atom is 0.407 e. The van der Waals surface area contributed by atoms with Crippen LogP contribution in [0.25, 0.3) is 0 Å². The molecular formula is C29H41N7O4. The Morgan fingerprint density at radius 1 is 1.25 bits per heavy atom. The first-order chi connectivity index (χ1) is 19.6. The molecule has 0 bridgehead atoms. The molecule has 2 aliphatic carbocycles. The van der Waals surface area contributed by atoms with E-state index in [2.05, 4.69) is 39.3 Å². The highest BCUT2D eigenvalue weighted by Crippen LogP contribution is 2.35. The van der Waals surface area contributed by atoms with Crippen LogP contribution in [0, 0.1) is 17.8 Å². The Morgan fingerprint density at radius 2 is 2.20 bits per heavy atom. The number of carbonyl (C=O) groups excluding carboxylic acids is 1. The van der Waals surface area contributed by atoms with E-state index in [4.69, 9.17) is 24.4 Å². The molecule has 2 fully saturated rings. The zero-order chi connectivity index (χ0) is 27.3. The molecule has 4 heterocycles. The molecule has 1 amide bonds. The van der Waals surface area contributed by atoms with Crippen LogP contribution in [0.1, 0.15) is 44.9 Å². The van der Waals surface area contributed by atoms with E-state index in [9.17, 15) is 4.79 Å². The zero-order valence-corrected chi connectivity index (χ0v) is 23.3. The molecule has 11 nitrogen and oxygen atoms in total. The molecule has 0 radical (unpaired) electrons. The lowest BCUT2D eigenvalue weighted by Crippen LogP contribution is -2.41. The number of fused-ring (bicyclic) bond motifs is 1. The summed E-state index contributed by atoms with van der Waals surface area (Å²) in [5.74, 6) is 1.85. The number of amidine groups is 1. The molecule has 4 aliphatic heterocycles. The van der Waals surface area contributed by atoms with Gasteiger partial charge < -0.3 is 30.3 Å². The lowest BCUT2D eigenvalue weighted by molar-refractivity contribution is 0.0650. The SMILES string of the molecule is CN1N=C(COC2CCOC2)C2CC=CC(NC3=NNC(C4CCC(OC(=O)NCC5C=CC=NC5)C4)CC3)=C21. The standard InChI is InChI=1S/C29H41N7O4/c1-36-28-23(26(35-36)18-39-22-11-13-38-17-22)5-2-6-25(28)32-27-10-9-24(33-34-27)20-7-8-21(14-20)40-29(37)31-16-19-4-3-12-30-15-19/h2-4,6,12,19-24,33H,5,7-11,13-18H2,1H3,(H,31,37)(H,32,34). The van der Waals surface area contributed by atoms with E-state index < -0.39 is 0 Å². The molecule has 0 aromatic carbocycles. The van der Waals surface area contributed by atoms with Gasteiger partial charge in [0.25, 0.3) is 0 Å². The van der Waals surface area contributed by atoms with Gasteiger partial charge in [0.05, 0.1) is 36.4 Å². The van der Waals surface area contributed by atoms with Crippen molar-refractivity contribution < 1.29 is 19.0 Å². The van der Waals surface area contributed by atoms with E-state index >= 15 is 0 Å². The molecule has 6 unspecified atom stereocenters. The van der Waals surface area contributed by atoms with Crippen LogP contribution in [0.4, 0.5) is 4.79 Å². The molecule has 0 aromatic rings. The minimum atomic E-state index is -0.328. The average molecular weight is 552 g/mol. The normalized spacial score (nSPS) is 33.0. The zero-order valence-electron chi connectivity index (χ0n) is 23.3. The lowest BCUT2D eigenvalue weighted by atomic mass is 9.91. The van der Waals surface area contributed by atoms with Gasteiger partial charge in [0, 0.05) is 57.3 Å². The van der Waals surface area contributed by atoms with Crippen LogP contribution in [-0.2, 0) is 14.2 Å². The van der Waals surface area contributed by atoms with Gasteiger partial charge in [-0.05, 0) is 56.6 Å². The van der Waals surface area contributed by atoms with Crippen molar-refractivity contribution in [2.75, 3.05) is 40.0 Å². The Kier molecular flexibility index (Phi) is 8.48. The highest BCUT2D eigenvalue weighted by Gasteiger charge is 2.36. The van der Waals surface area contributed by atoms with Crippen molar-refractivity contribution in [2.24, 2.45) is 32.9 Å². The summed E-state index contributed by atoms with van der Waals surface area (Å²) < 4.78 is 17.2. The third kappa shape index (κ3) is 6.41. The monoisotopic (exact) mass is 551 g/mol. The Labute approximate surface area is 235 Å². The number of aliphatic imine (C=N–C) groups is 1. The molecule has 6 rings (SSSR count). The van der Waals surface area contributed by atoms with Gasteiger partial charge in [0.15, 0.2) is 0 Å². The van der Waals surface area contributed by atoms with Crippen molar-refractivity contribution in [1.29, 1.82) is 0 Å². The van der Waals surface area contributed by atoms with E-state index in [1.54, 1.807) is 6.21 Å². The molecule has 0 spiro atoms. The van der Waals surface area contributed by atoms with E-state index in [-0.39, 0.29) is 30.1 Å². The number of dihydropyridines is 1. The first-order valence-electron chi connectivity index (χ1n) is 14.7. The average Bonchev–Trinajstić information content (AvgIpc) is 3.73. The van der Waals surface area contributed by atoms with Gasteiger partial charge in [-0.2, -0.15) is 10.2 Å². The van der Waals surface area contributed by atoms with Crippen molar-refractivity contribution in [3.63, 3.8) is 0 Å². The Morgan fingerprint density at radius 3 is 3.00 bits per heavy atom. The molecular weight excluding hydrogens is 510 g/mol. The van der Waals surface area contributed by atoms with Crippen LogP contribution in [0.2, 0.25) is 0 Å². The molecule has 216 valence electrons. The minimum absolute atomic E-state index is 0.0382. The summed E-state index contributed by atoms with van der Waals surface area (Å²) in [4.78, 5) is 16.5. The van der Waals surface area contributed by atoms with Crippen molar-refractivity contribution >= 4 is 23.9 Å². The van der Waals surface area contributed by atoms with Crippen LogP contribution in [0.15, 0.2) is 50.9 Å². The van der Waals surface area contributed by atoms with Crippen molar-refractivity contribution in [2.45, 2.75) is 63.2 Å². The summed E-state index contributed by atoms with van der Waals surface area (Å²) in [5, 5.41) is 18.0. The predicted octanol–water partition coefficient (Wildman–Crippen LogP) is 2.69. The van der Waals surface area contributed by atoms with Crippen molar-refractivity contribution in [1.82, 2.24) is 21.1 Å². The maximum atomic E-state index is 12.3. The number of hydrogen-bond donors (Lipinski definition) is 3. The van der Waals surface area contributed by atoms with E-state index in [0.29, 0.717) is 38.3 Å². The fourth-order valence-electron chi connectivity index (χ4n) is 6.47. The third-order valence-corrected chi connectivity index (χ3v) is 8.67. The topological polar surface area (TPSA) is 121 Å². The van der Waals surface area contributed by atoms with Crippen LogP contribution in [0.3, 0.4) is 0 Å². The van der Waals surface area contributed by atoms with Gasteiger partial charge in [0.2, 0.25) is 0 Å². The molecule has 6 aliphatic rings. The Bertz CT molecular complexity index is 1120. The molecule has 6 atom stereocenters. The number of allylic oxidation sites excluding steroid dienone is 4. The summed E-state index contributed by atoms with van der Waals surface area (Å²) in [6, 6.07) is 0.292. The molecule has 3 N–H and O–H groups in total. The van der Waals surface area contributed by atoms with E-state index in [1.807, 2.05) is 18.1 Å². The number of nitrogens with zero attached hydrogens (tertiary/aromatic N) is 4. The number of alkyl carbamates (subject to hydrolysis) is 1. The molecule has 1 saturated heterocycles. The fourth-order valence-corrected chi connectivity index (χ4v) is 6.47. The molecule has 0 aromatic heterocycles. The van der Waals surface area contributed by atoms with Gasteiger partial charge in [-0.1, -0.05) is 12.2 Å². The largest absolute Gasteiger partial charge is 0.446 e. The number of hydrogen-bond acceptors (Lipinski definition) is 10. The first kappa shape index (κ1) is 27.0. The van der Waals surface area contributed by atoms with E-state index in [0.717, 1.165) is 68.8 Å². The highest BCUT2D eigenvalue weighted by atomic mass is 16.6. The lowest BCUT2D eigenvalue weighted by Gasteiger charge is -2.29. The second-order valence-corrected chi connectivity index (χ2v) is 11.5. The quantitative estimate of drug-likeness (QED) is 0.424. The number of ether oxygens (including phenoxy) is 3. The summed E-state index contributed by atoms with van der Waals surface area (Å²) in [5.41, 5.74) is 6.70. The van der Waals surface area contributed by atoms with Gasteiger partial charge >= 0.3 is 6.09 Å². The number of nitrogens with one attached hydrogen (secondary N) is 3. The summed E-state index contributed by atoms with van der Waals surface area (Å²) >= 11 is 0. The number of amides is 1. The summed E-state index contributed by atoms with van der Waals surface area (Å²) in [7, 11) is 2.01. The van der Waals surface area contributed by atoms with Crippen molar-refractivity contribution in [3.05, 3.63) is 35.7 Å². The first-order valence-corrected chi connectivity index (χ1v) is 14.7. The number of carbonyl (C=O) groups is 1. The fraction of sp³-hybridized carbons (Fsp3) is 0.655. The van der Waals surface area contributed by atoms with E-state index in [1.165, 1.54) is 5.70 Å². The van der Waals surface area contributed by atoms with Crippen molar-refractivity contribution in [3.8, 4) is 0 Å². The van der Waals surface area contributed by atoms with Gasteiger partial charge in [0.1, 0.15) is 11.9 Å². The molecule has 1 saturated carbocycles. The Hall–Kier alpha value is -3.18. The Balaban J connectivity index is 0.964. The van der Waals surface area contributed by atoms with Gasteiger partial charge in [-0.15, -0.1) is 0 Å². The summed E-state index contributed by atoms with van der Waals surface area (Å²) in [6.07, 6.45) is 16.5. The highest BCUT2D eigenvalue weighted by molar-refractivity contribution is 5.93. The smallest absolute Gasteiger partial charge is 0.407 e. The predicted molar refractivity (Wildman–Crippen MR) is 153 cm³/mol. The van der Waals surface area contributed by atoms with Crippen LogP contribution in [-0.4, -0.2) is 87.1 Å². The second kappa shape index (κ2) is 12.6. The van der Waals surface area contributed by atoms with Crippen LogP contribution in [0.5, 0.6) is 0 Å². The maximum absolute atomic E-state index is 12.3. The van der Waals surface area contributed by atoms with Gasteiger partial charge in [-0.3, -0.25) is 10.0 Å². The molecule has 11 heteroatoms. The molecule has 40 heavy (non-hydrogen) atoms. The number of rotatable bonds is 8. The van der Waals surface area contributed by atoms with Gasteiger partial charge in [-0.25, -0.2) is 4.79 Å². The third-order valence-electron chi connectivity index (χ3n) is 8.67. The summed E-state index contributed by atoms with van der Waals surface area (Å²) in [6.45, 7) is 3.26. The van der Waals surface area contributed by atoms with Crippen LogP contribution < -0.4 is 16.1 Å². The van der Waals surface area contributed by atoms with Crippen LogP contribution >= 0.6 is 0 Å². The number of hydrazone groups is 2. The minimum Gasteiger partial charge on any atom is -0.446 e.